The average Bonchev–Trinajstić information content (AvgIpc) is 2.18. The fourth-order valence-corrected chi connectivity index (χ4v) is 2.25. The van der Waals surface area contributed by atoms with Crippen molar-refractivity contribution in [3.8, 4) is 0 Å². The second kappa shape index (κ2) is 5.64. The van der Waals surface area contributed by atoms with Gasteiger partial charge in [-0.2, -0.15) is 0 Å². The zero-order valence-electron chi connectivity index (χ0n) is 10.00. The number of amides is 1. The third-order valence-electron chi connectivity index (χ3n) is 3.59. The first-order valence-corrected chi connectivity index (χ1v) is 6.40. The zero-order chi connectivity index (χ0) is 11.4. The number of piperidine rings is 1. The number of carbonyl (C=O) groups is 1. The van der Waals surface area contributed by atoms with Crippen LogP contribution in [0.4, 0.5) is 0 Å². The van der Waals surface area contributed by atoms with E-state index in [1.54, 1.807) is 0 Å². The Balaban J connectivity index is 1.56. The number of nitrogens with one attached hydrogen (secondary N) is 2. The van der Waals surface area contributed by atoms with Gasteiger partial charge >= 0.3 is 0 Å². The molecule has 4 nitrogen and oxygen atoms in total. The highest BCUT2D eigenvalue weighted by molar-refractivity contribution is 5.77. The quantitative estimate of drug-likeness (QED) is 0.682. The molecule has 2 N–H and O–H groups in total. The van der Waals surface area contributed by atoms with Crippen LogP contribution >= 0.6 is 0 Å². The van der Waals surface area contributed by atoms with E-state index in [1.807, 2.05) is 0 Å². The van der Waals surface area contributed by atoms with Crippen molar-refractivity contribution < 1.29 is 9.53 Å². The van der Waals surface area contributed by atoms with Gasteiger partial charge in [-0.1, -0.05) is 0 Å². The van der Waals surface area contributed by atoms with Gasteiger partial charge in [0.1, 0.15) is 0 Å². The van der Waals surface area contributed by atoms with E-state index >= 15 is 0 Å². The Morgan fingerprint density at radius 1 is 1.44 bits per heavy atom. The standard InChI is InChI=1S/C12H22N2O2/c1-9-11(5-6-12(15)14-9)13-7-8-16-10-3-2-4-10/h9-11,13H,2-8H2,1H3,(H,14,15). The van der Waals surface area contributed by atoms with Gasteiger partial charge in [-0.15, -0.1) is 0 Å². The van der Waals surface area contributed by atoms with Crippen LogP contribution in [0.15, 0.2) is 0 Å². The van der Waals surface area contributed by atoms with E-state index in [0.29, 0.717) is 18.6 Å². The van der Waals surface area contributed by atoms with Crippen LogP contribution < -0.4 is 10.6 Å². The Morgan fingerprint density at radius 3 is 2.88 bits per heavy atom. The van der Waals surface area contributed by atoms with Crippen LogP contribution in [0, 0.1) is 0 Å². The van der Waals surface area contributed by atoms with Gasteiger partial charge in [-0.05, 0) is 32.6 Å². The molecular formula is C12H22N2O2. The Morgan fingerprint density at radius 2 is 2.25 bits per heavy atom. The Bertz CT molecular complexity index is 241. The van der Waals surface area contributed by atoms with Crippen LogP contribution in [0.25, 0.3) is 0 Å². The predicted octanol–water partition coefficient (Wildman–Crippen LogP) is 0.812. The molecule has 0 radical (unpaired) electrons. The van der Waals surface area contributed by atoms with E-state index in [4.69, 9.17) is 4.74 Å². The Hall–Kier alpha value is -0.610. The summed E-state index contributed by atoms with van der Waals surface area (Å²) in [7, 11) is 0. The van der Waals surface area contributed by atoms with Crippen molar-refractivity contribution in [2.75, 3.05) is 13.2 Å². The number of ether oxygens (including phenoxy) is 1. The first-order chi connectivity index (χ1) is 7.75. The van der Waals surface area contributed by atoms with E-state index in [1.165, 1.54) is 19.3 Å². The van der Waals surface area contributed by atoms with E-state index in [-0.39, 0.29) is 11.9 Å². The van der Waals surface area contributed by atoms with Crippen LogP contribution in [-0.4, -0.2) is 37.2 Å². The van der Waals surface area contributed by atoms with Gasteiger partial charge in [-0.25, -0.2) is 0 Å². The molecule has 2 aliphatic rings. The molecule has 1 aliphatic heterocycles. The number of rotatable bonds is 5. The summed E-state index contributed by atoms with van der Waals surface area (Å²) in [6, 6.07) is 0.646. The zero-order valence-corrected chi connectivity index (χ0v) is 10.00. The number of carbonyl (C=O) groups excluding carboxylic acids is 1. The maximum Gasteiger partial charge on any atom is 0.220 e. The molecule has 1 aliphatic carbocycles. The minimum absolute atomic E-state index is 0.177. The third kappa shape index (κ3) is 3.19. The van der Waals surface area contributed by atoms with Crippen molar-refractivity contribution in [2.24, 2.45) is 0 Å². The van der Waals surface area contributed by atoms with Crippen LogP contribution in [0.2, 0.25) is 0 Å². The molecule has 16 heavy (non-hydrogen) atoms. The summed E-state index contributed by atoms with van der Waals surface area (Å²) in [6.45, 7) is 3.74. The Kier molecular flexibility index (Phi) is 4.18. The van der Waals surface area contributed by atoms with Crippen molar-refractivity contribution in [1.29, 1.82) is 0 Å². The van der Waals surface area contributed by atoms with Gasteiger partial charge in [-0.3, -0.25) is 4.79 Å². The highest BCUT2D eigenvalue weighted by Gasteiger charge is 2.24. The largest absolute Gasteiger partial charge is 0.377 e. The maximum absolute atomic E-state index is 11.1. The van der Waals surface area contributed by atoms with E-state index in [0.717, 1.165) is 19.6 Å². The van der Waals surface area contributed by atoms with Gasteiger partial charge in [0, 0.05) is 25.0 Å². The van der Waals surface area contributed by atoms with Gasteiger partial charge < -0.3 is 15.4 Å². The molecule has 2 fully saturated rings. The molecule has 4 heteroatoms. The van der Waals surface area contributed by atoms with E-state index in [2.05, 4.69) is 17.6 Å². The second-order valence-electron chi connectivity index (χ2n) is 4.88. The van der Waals surface area contributed by atoms with Crippen molar-refractivity contribution in [1.82, 2.24) is 10.6 Å². The first kappa shape index (κ1) is 11.9. The third-order valence-corrected chi connectivity index (χ3v) is 3.59. The minimum atomic E-state index is 0.177. The molecule has 2 rings (SSSR count). The van der Waals surface area contributed by atoms with Gasteiger partial charge in [0.2, 0.25) is 5.91 Å². The van der Waals surface area contributed by atoms with Crippen LogP contribution in [0.1, 0.15) is 39.0 Å². The van der Waals surface area contributed by atoms with Crippen LogP contribution in [-0.2, 0) is 9.53 Å². The monoisotopic (exact) mass is 226 g/mol. The molecule has 1 heterocycles. The Labute approximate surface area is 97.1 Å². The lowest BCUT2D eigenvalue weighted by Crippen LogP contribution is -2.53. The van der Waals surface area contributed by atoms with Crippen molar-refractivity contribution in [3.05, 3.63) is 0 Å². The van der Waals surface area contributed by atoms with E-state index < -0.39 is 0 Å². The summed E-state index contributed by atoms with van der Waals surface area (Å²) < 4.78 is 5.68. The summed E-state index contributed by atoms with van der Waals surface area (Å²) in [6.07, 6.45) is 5.89. The summed E-state index contributed by atoms with van der Waals surface area (Å²) in [5.41, 5.74) is 0. The molecule has 1 saturated carbocycles. The minimum Gasteiger partial charge on any atom is -0.377 e. The smallest absolute Gasteiger partial charge is 0.220 e. The molecule has 2 unspecified atom stereocenters. The normalized spacial score (nSPS) is 30.9. The SMILES string of the molecule is CC1NC(=O)CCC1NCCOC1CCC1. The van der Waals surface area contributed by atoms with Crippen molar-refractivity contribution in [2.45, 2.75) is 57.2 Å². The maximum atomic E-state index is 11.1. The molecule has 0 aromatic carbocycles. The lowest BCUT2D eigenvalue weighted by atomic mass is 9.96. The predicted molar refractivity (Wildman–Crippen MR) is 62.2 cm³/mol. The molecule has 0 aromatic rings. The second-order valence-corrected chi connectivity index (χ2v) is 4.88. The average molecular weight is 226 g/mol. The fraction of sp³-hybridized carbons (Fsp3) is 0.917. The summed E-state index contributed by atoms with van der Waals surface area (Å²) >= 11 is 0. The van der Waals surface area contributed by atoms with Crippen molar-refractivity contribution in [3.63, 3.8) is 0 Å². The summed E-state index contributed by atoms with van der Waals surface area (Å²) in [5, 5.41) is 6.41. The molecule has 1 amide bonds. The van der Waals surface area contributed by atoms with Gasteiger partial charge in [0.15, 0.2) is 0 Å². The fourth-order valence-electron chi connectivity index (χ4n) is 2.25. The van der Waals surface area contributed by atoms with E-state index in [9.17, 15) is 4.79 Å². The summed E-state index contributed by atoms with van der Waals surface area (Å²) in [5.74, 6) is 0.177. The molecule has 0 spiro atoms. The molecule has 92 valence electrons. The lowest BCUT2D eigenvalue weighted by Gasteiger charge is -2.31. The molecule has 1 saturated heterocycles. The first-order valence-electron chi connectivity index (χ1n) is 6.40. The van der Waals surface area contributed by atoms with Crippen LogP contribution in [0.3, 0.4) is 0 Å². The van der Waals surface area contributed by atoms with Crippen molar-refractivity contribution >= 4 is 5.91 Å². The van der Waals surface area contributed by atoms with Gasteiger partial charge in [0.25, 0.3) is 0 Å². The van der Waals surface area contributed by atoms with Gasteiger partial charge in [0.05, 0.1) is 12.7 Å². The molecule has 0 aromatic heterocycles. The topological polar surface area (TPSA) is 50.4 Å². The molecular weight excluding hydrogens is 204 g/mol. The highest BCUT2D eigenvalue weighted by atomic mass is 16.5. The number of hydrogen-bond donors (Lipinski definition) is 2. The highest BCUT2D eigenvalue weighted by Crippen LogP contribution is 2.21. The number of hydrogen-bond acceptors (Lipinski definition) is 3. The molecule has 0 bridgehead atoms. The molecule has 2 atom stereocenters. The van der Waals surface area contributed by atoms with Crippen LogP contribution in [0.5, 0.6) is 0 Å². The lowest BCUT2D eigenvalue weighted by molar-refractivity contribution is -0.123. The summed E-state index contributed by atoms with van der Waals surface area (Å²) in [4.78, 5) is 11.1.